The summed E-state index contributed by atoms with van der Waals surface area (Å²) in [4.78, 5) is 62.2. The molecule has 0 saturated carbocycles. The van der Waals surface area contributed by atoms with E-state index in [1.807, 2.05) is 30.3 Å². The Hall–Kier alpha value is -5.27. The van der Waals surface area contributed by atoms with E-state index in [9.17, 15) is 29.1 Å². The molecule has 13 heteroatoms. The molecule has 0 bridgehead atoms. The van der Waals surface area contributed by atoms with Crippen LogP contribution in [0.15, 0.2) is 78.9 Å². The molecule has 0 radical (unpaired) electrons. The smallest absolute Gasteiger partial charge is 0.307 e. The minimum absolute atomic E-state index is 0.0634. The van der Waals surface area contributed by atoms with E-state index in [-0.39, 0.29) is 25.0 Å². The number of carboxylic acid groups (broad SMARTS) is 1. The van der Waals surface area contributed by atoms with Crippen LogP contribution < -0.4 is 33.0 Å². The van der Waals surface area contributed by atoms with Crippen LogP contribution in [0.2, 0.25) is 0 Å². The third-order valence-corrected chi connectivity index (χ3v) is 6.99. The minimum Gasteiger partial charge on any atom is -0.508 e. The zero-order valence-corrected chi connectivity index (χ0v) is 24.8. The van der Waals surface area contributed by atoms with Crippen molar-refractivity contribution in [1.82, 2.24) is 21.5 Å². The Morgan fingerprint density at radius 3 is 1.98 bits per heavy atom. The molecule has 0 fully saturated rings. The van der Waals surface area contributed by atoms with Crippen LogP contribution in [0.25, 0.3) is 0 Å². The first kappa shape index (κ1) is 34.2. The number of nitrogens with one attached hydrogen (secondary N) is 4. The number of nitrogens with two attached hydrogens (primary N) is 2. The van der Waals surface area contributed by atoms with Gasteiger partial charge in [-0.3, -0.25) is 29.4 Å². The standard InChI is InChI=1S/C32H38N6O7/c1-32(31(45)36-25(29(34)43)17-27(33)40,18-22-9-7-21(8-10-22)16-28(41)42)37-30(44)26(15-20-11-13-24(39)14-12-20)38-35-19-23-5-3-2-4-6-23/h2-14,25-26,35,38-39H,15-19H2,1H3,(H2,33,40)(H2,34,43)(H,36,45)(H,37,44)(H,41,42)/t25-,26-,32+/m0/s1. The highest BCUT2D eigenvalue weighted by Gasteiger charge is 2.39. The van der Waals surface area contributed by atoms with E-state index in [2.05, 4.69) is 21.5 Å². The number of aromatic hydroxyl groups is 1. The normalized spacial score (nSPS) is 13.5. The van der Waals surface area contributed by atoms with E-state index in [4.69, 9.17) is 16.6 Å². The van der Waals surface area contributed by atoms with Crippen LogP contribution in [0, 0.1) is 0 Å². The number of primary amides is 2. The molecular formula is C32H38N6O7. The van der Waals surface area contributed by atoms with Gasteiger partial charge in [0.2, 0.25) is 23.6 Å². The first-order valence-electron chi connectivity index (χ1n) is 14.1. The molecule has 3 aromatic carbocycles. The van der Waals surface area contributed by atoms with Crippen molar-refractivity contribution >= 4 is 29.6 Å². The molecule has 238 valence electrons. The lowest BCUT2D eigenvalue weighted by Crippen LogP contribution is -2.64. The number of aliphatic carboxylic acids is 1. The third-order valence-electron chi connectivity index (χ3n) is 6.99. The fourth-order valence-electron chi connectivity index (χ4n) is 4.59. The van der Waals surface area contributed by atoms with E-state index in [0.29, 0.717) is 17.7 Å². The molecule has 0 aromatic heterocycles. The maximum Gasteiger partial charge on any atom is 0.307 e. The number of hydrogen-bond acceptors (Lipinski definition) is 8. The van der Waals surface area contributed by atoms with Gasteiger partial charge in [0, 0.05) is 13.0 Å². The summed E-state index contributed by atoms with van der Waals surface area (Å²) in [5.74, 6) is -4.15. The van der Waals surface area contributed by atoms with E-state index in [1.165, 1.54) is 19.1 Å². The predicted molar refractivity (Wildman–Crippen MR) is 165 cm³/mol. The van der Waals surface area contributed by atoms with Gasteiger partial charge in [0.15, 0.2) is 0 Å². The van der Waals surface area contributed by atoms with E-state index >= 15 is 0 Å². The summed E-state index contributed by atoms with van der Waals surface area (Å²) < 4.78 is 0. The highest BCUT2D eigenvalue weighted by molar-refractivity contribution is 5.97. The molecule has 0 unspecified atom stereocenters. The zero-order valence-electron chi connectivity index (χ0n) is 24.8. The highest BCUT2D eigenvalue weighted by Crippen LogP contribution is 2.18. The van der Waals surface area contributed by atoms with Crippen molar-refractivity contribution in [2.75, 3.05) is 0 Å². The van der Waals surface area contributed by atoms with Crippen molar-refractivity contribution in [1.29, 1.82) is 0 Å². The lowest BCUT2D eigenvalue weighted by molar-refractivity contribution is -0.136. The largest absolute Gasteiger partial charge is 0.508 e. The quantitative estimate of drug-likeness (QED) is 0.0965. The number of phenolic OH excluding ortho intramolecular Hbond substituents is 1. The zero-order chi connectivity index (χ0) is 33.0. The van der Waals surface area contributed by atoms with Crippen LogP contribution in [-0.4, -0.2) is 57.4 Å². The number of phenols is 1. The summed E-state index contributed by atoms with van der Waals surface area (Å²) in [5, 5.41) is 24.0. The lowest BCUT2D eigenvalue weighted by atomic mass is 9.89. The number of carboxylic acids is 1. The summed E-state index contributed by atoms with van der Waals surface area (Å²) >= 11 is 0. The Bertz CT molecular complexity index is 1480. The first-order valence-corrected chi connectivity index (χ1v) is 14.1. The van der Waals surface area contributed by atoms with Gasteiger partial charge in [-0.1, -0.05) is 66.7 Å². The van der Waals surface area contributed by atoms with Crippen molar-refractivity contribution in [3.05, 3.63) is 101 Å². The van der Waals surface area contributed by atoms with Crippen molar-refractivity contribution in [2.45, 2.75) is 56.8 Å². The van der Waals surface area contributed by atoms with Gasteiger partial charge >= 0.3 is 5.97 Å². The second-order valence-corrected chi connectivity index (χ2v) is 10.9. The number of rotatable bonds is 17. The monoisotopic (exact) mass is 618 g/mol. The average molecular weight is 619 g/mol. The number of benzene rings is 3. The van der Waals surface area contributed by atoms with Gasteiger partial charge in [-0.25, -0.2) is 5.43 Å². The van der Waals surface area contributed by atoms with E-state index < -0.39 is 53.6 Å². The SMILES string of the molecule is C[C@](Cc1ccc(CC(=O)O)cc1)(NC(=O)[C@H](Cc1ccc(O)cc1)NNCc1ccccc1)C(=O)N[C@@H](CC(N)=O)C(N)=O. The summed E-state index contributed by atoms with van der Waals surface area (Å²) in [6, 6.07) is 19.9. The molecule has 0 saturated heterocycles. The van der Waals surface area contributed by atoms with Crippen molar-refractivity contribution in [3.8, 4) is 5.75 Å². The summed E-state index contributed by atoms with van der Waals surface area (Å²) in [6.45, 7) is 1.84. The molecule has 3 rings (SSSR count). The van der Waals surface area contributed by atoms with Crippen molar-refractivity contribution in [3.63, 3.8) is 0 Å². The van der Waals surface area contributed by atoms with Crippen LogP contribution in [0.1, 0.15) is 35.6 Å². The second kappa shape index (κ2) is 16.0. The highest BCUT2D eigenvalue weighted by atomic mass is 16.4. The number of hydrogen-bond donors (Lipinski definition) is 8. The number of hydrazine groups is 1. The maximum atomic E-state index is 13.9. The van der Waals surface area contributed by atoms with Crippen molar-refractivity contribution < 1.29 is 34.2 Å². The van der Waals surface area contributed by atoms with Crippen LogP contribution in [0.5, 0.6) is 5.75 Å². The first-order chi connectivity index (χ1) is 21.3. The van der Waals surface area contributed by atoms with Gasteiger partial charge in [0.25, 0.3) is 0 Å². The van der Waals surface area contributed by atoms with E-state index in [1.54, 1.807) is 36.4 Å². The van der Waals surface area contributed by atoms with E-state index in [0.717, 1.165) is 11.1 Å². The Morgan fingerprint density at radius 1 is 0.800 bits per heavy atom. The molecular weight excluding hydrogens is 580 g/mol. The number of amides is 4. The minimum atomic E-state index is -1.68. The second-order valence-electron chi connectivity index (χ2n) is 10.9. The van der Waals surface area contributed by atoms with Gasteiger partial charge in [-0.2, -0.15) is 0 Å². The van der Waals surface area contributed by atoms with Crippen LogP contribution in [-0.2, 0) is 49.8 Å². The number of carbonyl (C=O) groups is 5. The summed E-state index contributed by atoms with van der Waals surface area (Å²) in [6.07, 6.45) is -0.628. The molecule has 13 nitrogen and oxygen atoms in total. The molecule has 3 atom stereocenters. The lowest BCUT2D eigenvalue weighted by Gasteiger charge is -2.33. The molecule has 45 heavy (non-hydrogen) atoms. The van der Waals surface area contributed by atoms with Gasteiger partial charge in [-0.15, -0.1) is 0 Å². The Kier molecular flexibility index (Phi) is 12.2. The predicted octanol–water partition coefficient (Wildman–Crippen LogP) is 0.188. The Labute approximate surface area is 260 Å². The molecule has 0 aliphatic heterocycles. The van der Waals surface area contributed by atoms with Gasteiger partial charge in [-0.05, 0) is 47.7 Å². The summed E-state index contributed by atoms with van der Waals surface area (Å²) in [7, 11) is 0. The van der Waals surface area contributed by atoms with Gasteiger partial charge < -0.3 is 32.3 Å². The van der Waals surface area contributed by atoms with Crippen molar-refractivity contribution in [2.24, 2.45) is 11.5 Å². The molecule has 0 heterocycles. The Balaban J connectivity index is 1.89. The fraction of sp³-hybridized carbons (Fsp3) is 0.281. The van der Waals surface area contributed by atoms with Gasteiger partial charge in [0.1, 0.15) is 23.4 Å². The topological polar surface area (TPSA) is 226 Å². The molecule has 4 amide bonds. The third kappa shape index (κ3) is 11.1. The number of carbonyl (C=O) groups excluding carboxylic acids is 4. The molecule has 0 aliphatic rings. The molecule has 0 spiro atoms. The molecule has 0 aliphatic carbocycles. The Morgan fingerprint density at radius 2 is 1.40 bits per heavy atom. The maximum absolute atomic E-state index is 13.9. The van der Waals surface area contributed by atoms with Crippen LogP contribution in [0.3, 0.4) is 0 Å². The van der Waals surface area contributed by atoms with Gasteiger partial charge in [0.05, 0.1) is 12.8 Å². The fourth-order valence-corrected chi connectivity index (χ4v) is 4.59. The molecule has 3 aromatic rings. The summed E-state index contributed by atoms with van der Waals surface area (Å²) in [5.41, 5.74) is 17.8. The molecule has 10 N–H and O–H groups in total. The van der Waals surface area contributed by atoms with Crippen LogP contribution in [0.4, 0.5) is 0 Å². The average Bonchev–Trinajstić information content (AvgIpc) is 2.98. The van der Waals surface area contributed by atoms with Crippen LogP contribution >= 0.6 is 0 Å².